The van der Waals surface area contributed by atoms with Crippen LogP contribution in [0.2, 0.25) is 0 Å². The minimum atomic E-state index is -3.51. The van der Waals surface area contributed by atoms with Gasteiger partial charge in [-0.3, -0.25) is 4.79 Å². The summed E-state index contributed by atoms with van der Waals surface area (Å²) in [5.41, 5.74) is 2.12. The number of anilines is 2. The third-order valence-corrected chi connectivity index (χ3v) is 7.11. The number of alkyl halides is 2. The number of para-hydroxylation sites is 1. The molecule has 1 aliphatic rings. The van der Waals surface area contributed by atoms with Crippen molar-refractivity contribution in [3.63, 3.8) is 0 Å². The van der Waals surface area contributed by atoms with E-state index >= 15 is 0 Å². The summed E-state index contributed by atoms with van der Waals surface area (Å²) in [6, 6.07) is 14.4. The largest absolute Gasteiger partial charge is 0.486 e. The van der Waals surface area contributed by atoms with Crippen LogP contribution in [-0.2, 0) is 4.79 Å². The van der Waals surface area contributed by atoms with Gasteiger partial charge in [-0.2, -0.15) is 8.78 Å². The Morgan fingerprint density at radius 2 is 2.03 bits per heavy atom. The minimum absolute atomic E-state index is 0.332. The molecule has 2 aromatic carbocycles. The van der Waals surface area contributed by atoms with E-state index in [2.05, 4.69) is 35.3 Å². The summed E-state index contributed by atoms with van der Waals surface area (Å²) in [7, 11) is 2.08. The molecule has 1 unspecified atom stereocenters. The van der Waals surface area contributed by atoms with Crippen molar-refractivity contribution in [3.05, 3.63) is 42.5 Å². The monoisotopic (exact) mass is 466 g/mol. The van der Waals surface area contributed by atoms with Gasteiger partial charge in [0, 0.05) is 18.3 Å². The van der Waals surface area contributed by atoms with Crippen LogP contribution in [0.3, 0.4) is 0 Å². The Morgan fingerprint density at radius 1 is 1.29 bits per heavy atom. The quantitative estimate of drug-likeness (QED) is 0.246. The number of benzene rings is 2. The Hall–Kier alpha value is -1.77. The van der Waals surface area contributed by atoms with Crippen LogP contribution < -0.4 is 9.64 Å². The fourth-order valence-electron chi connectivity index (χ4n) is 3.51. The van der Waals surface area contributed by atoms with E-state index in [4.69, 9.17) is 4.74 Å². The second-order valence-electron chi connectivity index (χ2n) is 7.52. The van der Waals surface area contributed by atoms with Crippen molar-refractivity contribution in [2.75, 3.05) is 31.4 Å². The van der Waals surface area contributed by atoms with Crippen LogP contribution in [0.5, 0.6) is 5.75 Å². The Labute approximate surface area is 191 Å². The van der Waals surface area contributed by atoms with Gasteiger partial charge in [-0.25, -0.2) is 4.31 Å². The van der Waals surface area contributed by atoms with E-state index in [0.717, 1.165) is 47.0 Å². The zero-order valence-electron chi connectivity index (χ0n) is 18.0. The van der Waals surface area contributed by atoms with Crippen LogP contribution in [0, 0.1) is 0 Å². The number of aldehydes is 1. The molecule has 8 heteroatoms. The first-order chi connectivity index (χ1) is 14.9. The second kappa shape index (κ2) is 10.7. The molecule has 0 aromatic heterocycles. The van der Waals surface area contributed by atoms with Gasteiger partial charge in [0.25, 0.3) is 0 Å². The molecule has 1 atom stereocenters. The van der Waals surface area contributed by atoms with Gasteiger partial charge in [-0.1, -0.05) is 38.0 Å². The van der Waals surface area contributed by atoms with Crippen molar-refractivity contribution < 1.29 is 18.3 Å². The predicted octanol–water partition coefficient (Wildman–Crippen LogP) is 6.27. The Kier molecular flexibility index (Phi) is 8.24. The third kappa shape index (κ3) is 5.93. The lowest BCUT2D eigenvalue weighted by molar-refractivity contribution is -0.133. The minimum Gasteiger partial charge on any atom is -0.486 e. The van der Waals surface area contributed by atoms with E-state index in [1.165, 1.54) is 11.8 Å². The number of hydrogen-bond acceptors (Lipinski definition) is 6. The Morgan fingerprint density at radius 3 is 2.68 bits per heavy atom. The number of ether oxygens (including phenoxy) is 1. The zero-order chi connectivity index (χ0) is 22.4. The first-order valence-electron chi connectivity index (χ1n) is 10.3. The number of carbonyl (C=O) groups excluding carboxylic acids is 1. The highest BCUT2D eigenvalue weighted by Gasteiger charge is 2.31. The van der Waals surface area contributed by atoms with Crippen molar-refractivity contribution >= 4 is 41.4 Å². The number of fused-ring (bicyclic) bond motifs is 1. The molecule has 0 N–H and O–H groups in total. The number of nitrogens with zero attached hydrogens (tertiary/aromatic N) is 2. The molecule has 0 spiro atoms. The number of halogens is 2. The number of unbranched alkanes of at least 4 members (excludes halogenated alkanes) is 1. The number of hydrogen-bond donors (Lipinski definition) is 0. The second-order valence-corrected chi connectivity index (χ2v) is 9.56. The fraction of sp³-hybridized carbons (Fsp3) is 0.435. The van der Waals surface area contributed by atoms with Gasteiger partial charge in [0.15, 0.2) is 12.9 Å². The summed E-state index contributed by atoms with van der Waals surface area (Å²) in [6.07, 6.45) is 4.86. The lowest BCUT2D eigenvalue weighted by Gasteiger charge is -2.30. The van der Waals surface area contributed by atoms with Crippen LogP contribution >= 0.6 is 23.7 Å². The summed E-state index contributed by atoms with van der Waals surface area (Å²) in [5.74, 6) is -3.14. The Bertz CT molecular complexity index is 883. The lowest BCUT2D eigenvalue weighted by Crippen LogP contribution is -2.35. The number of carbonyl (C=O) groups is 1. The first kappa shape index (κ1) is 23.9. The summed E-state index contributed by atoms with van der Waals surface area (Å²) in [6.45, 7) is 2.06. The van der Waals surface area contributed by atoms with Crippen molar-refractivity contribution in [2.45, 2.75) is 47.9 Å². The van der Waals surface area contributed by atoms with Crippen LogP contribution in [-0.4, -0.2) is 49.0 Å². The average molecular weight is 467 g/mol. The molecule has 1 aliphatic heterocycles. The van der Waals surface area contributed by atoms with Crippen LogP contribution in [0.4, 0.5) is 20.2 Å². The summed E-state index contributed by atoms with van der Waals surface area (Å²) in [5, 5.41) is 0. The van der Waals surface area contributed by atoms with Crippen LogP contribution in [0.25, 0.3) is 0 Å². The molecular weight excluding hydrogens is 438 g/mol. The maximum absolute atomic E-state index is 13.5. The van der Waals surface area contributed by atoms with Gasteiger partial charge in [-0.15, -0.1) is 11.8 Å². The van der Waals surface area contributed by atoms with E-state index in [9.17, 15) is 13.6 Å². The molecule has 0 aliphatic carbocycles. The molecule has 4 nitrogen and oxygen atoms in total. The van der Waals surface area contributed by atoms with Crippen molar-refractivity contribution in [2.24, 2.45) is 0 Å². The third-order valence-electron chi connectivity index (χ3n) is 5.24. The topological polar surface area (TPSA) is 32.8 Å². The molecule has 0 radical (unpaired) electrons. The average Bonchev–Trinajstić information content (AvgIpc) is 2.91. The molecule has 0 saturated carbocycles. The molecule has 0 fully saturated rings. The van der Waals surface area contributed by atoms with Gasteiger partial charge in [0.05, 0.1) is 15.5 Å². The standard InChI is InChI=1S/C23H28F2N2O2S2/c1-4-5-9-18-14-27(17-10-7-6-8-11-17)19-12-22(30-3)20(13-21(19)31-26(18)2)29-16-23(24,25)15-28/h6-8,10-13,15,18H,4-5,9,14,16H2,1-3H3. The molecule has 31 heavy (non-hydrogen) atoms. The SMILES string of the molecule is CCCCC1CN(c2ccccc2)c2cc(SC)c(OCC(F)(F)C=O)cc2SN1C. The number of rotatable bonds is 9. The molecule has 0 amide bonds. The van der Waals surface area contributed by atoms with Gasteiger partial charge >= 0.3 is 5.92 Å². The van der Waals surface area contributed by atoms with Crippen LogP contribution in [0.1, 0.15) is 26.2 Å². The summed E-state index contributed by atoms with van der Waals surface area (Å²) >= 11 is 3.05. The highest BCUT2D eigenvalue weighted by molar-refractivity contribution is 7.98. The maximum atomic E-state index is 13.5. The van der Waals surface area contributed by atoms with E-state index in [1.54, 1.807) is 11.9 Å². The van der Waals surface area contributed by atoms with E-state index in [0.29, 0.717) is 11.8 Å². The summed E-state index contributed by atoms with van der Waals surface area (Å²) in [4.78, 5) is 14.6. The fourth-order valence-corrected chi connectivity index (χ4v) is 5.12. The number of thioether (sulfide) groups is 1. The molecule has 0 saturated heterocycles. The van der Waals surface area contributed by atoms with E-state index < -0.39 is 12.5 Å². The predicted molar refractivity (Wildman–Crippen MR) is 125 cm³/mol. The molecule has 1 heterocycles. The van der Waals surface area contributed by atoms with Gasteiger partial charge in [0.1, 0.15) is 5.75 Å². The van der Waals surface area contributed by atoms with E-state index in [-0.39, 0.29) is 6.29 Å². The zero-order valence-corrected chi connectivity index (χ0v) is 19.6. The highest BCUT2D eigenvalue weighted by Crippen LogP contribution is 2.46. The lowest BCUT2D eigenvalue weighted by atomic mass is 10.1. The van der Waals surface area contributed by atoms with Gasteiger partial charge in [0.2, 0.25) is 0 Å². The molecule has 3 rings (SSSR count). The molecule has 168 valence electrons. The number of likely N-dealkylation sites (N-methyl/N-ethyl adjacent to an activating group) is 1. The summed E-state index contributed by atoms with van der Waals surface area (Å²) < 4.78 is 34.6. The van der Waals surface area contributed by atoms with Crippen molar-refractivity contribution in [1.29, 1.82) is 0 Å². The normalized spacial score (nSPS) is 17.2. The molecular formula is C23H28F2N2O2S2. The van der Waals surface area contributed by atoms with Crippen molar-refractivity contribution in [1.82, 2.24) is 4.31 Å². The Balaban J connectivity index is 2.02. The molecule has 2 aromatic rings. The van der Waals surface area contributed by atoms with Gasteiger partial charge in [-0.05, 0) is 55.9 Å². The first-order valence-corrected chi connectivity index (χ1v) is 12.3. The van der Waals surface area contributed by atoms with Crippen molar-refractivity contribution in [3.8, 4) is 5.75 Å². The molecule has 0 bridgehead atoms. The van der Waals surface area contributed by atoms with Gasteiger partial charge < -0.3 is 9.64 Å². The van der Waals surface area contributed by atoms with E-state index in [1.807, 2.05) is 36.6 Å². The maximum Gasteiger partial charge on any atom is 0.335 e. The highest BCUT2D eigenvalue weighted by atomic mass is 32.2. The smallest absolute Gasteiger partial charge is 0.335 e. The van der Waals surface area contributed by atoms with Crippen LogP contribution in [0.15, 0.2) is 52.3 Å².